The van der Waals surface area contributed by atoms with E-state index in [9.17, 15) is 22.8 Å². The zero-order chi connectivity index (χ0) is 11.9. The van der Waals surface area contributed by atoms with Gasteiger partial charge in [0.25, 0.3) is 5.91 Å². The third kappa shape index (κ3) is 1.82. The third-order valence-corrected chi connectivity index (χ3v) is 2.50. The molecule has 1 heterocycles. The monoisotopic (exact) mass is 288 g/mol. The number of rotatable bonds is 2. The van der Waals surface area contributed by atoms with Gasteiger partial charge in [-0.1, -0.05) is 15.9 Å². The van der Waals surface area contributed by atoms with Gasteiger partial charge in [-0.3, -0.25) is 9.69 Å². The number of carbonyl (C=O) groups is 2. The average molecular weight is 289 g/mol. The first-order valence-electron chi connectivity index (χ1n) is 4.01. The molecule has 0 bridgehead atoms. The normalized spacial score (nSPS) is 27.1. The molecule has 1 unspecified atom stereocenters. The fraction of sp³-hybridized carbons (Fsp3) is 0.714. The van der Waals surface area contributed by atoms with Crippen molar-refractivity contribution >= 4 is 27.9 Å². The first-order chi connectivity index (χ1) is 6.74. The molecule has 0 saturated carbocycles. The minimum atomic E-state index is -4.79. The predicted molar refractivity (Wildman–Crippen MR) is 48.5 cm³/mol. The van der Waals surface area contributed by atoms with Gasteiger partial charge in [0.1, 0.15) is 0 Å². The van der Waals surface area contributed by atoms with E-state index in [1.807, 2.05) is 0 Å². The van der Waals surface area contributed by atoms with Crippen LogP contribution in [0.4, 0.5) is 18.0 Å². The molecule has 0 spiro atoms. The molecule has 8 heteroatoms. The molecule has 1 aliphatic rings. The maximum atomic E-state index is 12.5. The highest BCUT2D eigenvalue weighted by Gasteiger charge is 2.64. The Labute approximate surface area is 91.9 Å². The lowest BCUT2D eigenvalue weighted by Gasteiger charge is -2.24. The Morgan fingerprint density at radius 2 is 2.00 bits per heavy atom. The van der Waals surface area contributed by atoms with Crippen molar-refractivity contribution in [3.05, 3.63) is 0 Å². The Bertz CT molecular complexity index is 307. The summed E-state index contributed by atoms with van der Waals surface area (Å²) in [5, 5.41) is 1.88. The van der Waals surface area contributed by atoms with Crippen LogP contribution in [0.3, 0.4) is 0 Å². The van der Waals surface area contributed by atoms with E-state index in [1.165, 1.54) is 0 Å². The second-order valence-corrected chi connectivity index (χ2v) is 3.99. The molecule has 15 heavy (non-hydrogen) atoms. The summed E-state index contributed by atoms with van der Waals surface area (Å²) in [5.74, 6) is -1.26. The van der Waals surface area contributed by atoms with Crippen molar-refractivity contribution in [3.8, 4) is 0 Å². The van der Waals surface area contributed by atoms with E-state index in [1.54, 1.807) is 5.32 Å². The molecule has 1 saturated heterocycles. The van der Waals surface area contributed by atoms with Gasteiger partial charge in [0.05, 0.1) is 0 Å². The number of hydrogen-bond acceptors (Lipinski definition) is 2. The summed E-state index contributed by atoms with van der Waals surface area (Å²) in [5.41, 5.74) is -2.80. The van der Waals surface area contributed by atoms with Gasteiger partial charge in [-0.2, -0.15) is 13.2 Å². The van der Waals surface area contributed by atoms with Crippen LogP contribution in [0, 0.1) is 0 Å². The summed E-state index contributed by atoms with van der Waals surface area (Å²) in [6.07, 6.45) is -4.79. The van der Waals surface area contributed by atoms with Gasteiger partial charge in [-0.05, 0) is 6.92 Å². The fourth-order valence-electron chi connectivity index (χ4n) is 1.18. The standard InChI is InChI=1S/C7H8BrF3N2O2/c1-6(7(9,10)11)4(14)13(3-2-8)5(15)12-6/h2-3H2,1H3,(H,12,15). The van der Waals surface area contributed by atoms with E-state index < -0.39 is 23.7 Å². The Balaban J connectivity index is 3.00. The molecule has 1 aliphatic heterocycles. The number of urea groups is 1. The van der Waals surface area contributed by atoms with Crippen molar-refractivity contribution in [1.82, 2.24) is 10.2 Å². The second kappa shape index (κ2) is 3.66. The van der Waals surface area contributed by atoms with E-state index in [0.29, 0.717) is 11.8 Å². The van der Waals surface area contributed by atoms with Crippen LogP contribution < -0.4 is 5.32 Å². The molecule has 1 rings (SSSR count). The van der Waals surface area contributed by atoms with Gasteiger partial charge in [0, 0.05) is 11.9 Å². The number of imide groups is 1. The summed E-state index contributed by atoms with van der Waals surface area (Å²) >= 11 is 2.95. The van der Waals surface area contributed by atoms with Crippen LogP contribution in [0.5, 0.6) is 0 Å². The Hall–Kier alpha value is -0.790. The van der Waals surface area contributed by atoms with Gasteiger partial charge < -0.3 is 5.32 Å². The molecule has 86 valence electrons. The maximum absolute atomic E-state index is 12.5. The molecule has 0 radical (unpaired) electrons. The van der Waals surface area contributed by atoms with Crippen molar-refractivity contribution in [2.75, 3.05) is 11.9 Å². The molecule has 1 fully saturated rings. The number of halogens is 4. The maximum Gasteiger partial charge on any atom is 0.420 e. The first-order valence-corrected chi connectivity index (χ1v) is 5.13. The summed E-state index contributed by atoms with van der Waals surface area (Å²) < 4.78 is 37.5. The first kappa shape index (κ1) is 12.3. The summed E-state index contributed by atoms with van der Waals surface area (Å²) in [7, 11) is 0. The molecule has 3 amide bonds. The number of carbonyl (C=O) groups excluding carboxylic acids is 2. The van der Waals surface area contributed by atoms with Gasteiger partial charge >= 0.3 is 12.2 Å². The van der Waals surface area contributed by atoms with Crippen molar-refractivity contribution < 1.29 is 22.8 Å². The highest BCUT2D eigenvalue weighted by molar-refractivity contribution is 9.09. The minimum Gasteiger partial charge on any atom is -0.316 e. The summed E-state index contributed by atoms with van der Waals surface area (Å²) in [4.78, 5) is 23.0. The van der Waals surface area contributed by atoms with E-state index in [-0.39, 0.29) is 11.9 Å². The quantitative estimate of drug-likeness (QED) is 0.614. The number of nitrogens with one attached hydrogen (secondary N) is 1. The number of alkyl halides is 4. The summed E-state index contributed by atoms with van der Waals surface area (Å²) in [6, 6.07) is -1.01. The van der Waals surface area contributed by atoms with Gasteiger partial charge in [0.15, 0.2) is 0 Å². The predicted octanol–water partition coefficient (Wildman–Crippen LogP) is 1.25. The van der Waals surface area contributed by atoms with E-state index >= 15 is 0 Å². The molecule has 4 nitrogen and oxygen atoms in total. The molecular weight excluding hydrogens is 281 g/mol. The fourth-order valence-corrected chi connectivity index (χ4v) is 1.53. The Kier molecular flexibility index (Phi) is 2.99. The summed E-state index contributed by atoms with van der Waals surface area (Å²) in [6.45, 7) is 0.567. The van der Waals surface area contributed by atoms with Crippen LogP contribution in [-0.4, -0.2) is 40.4 Å². The zero-order valence-corrected chi connectivity index (χ0v) is 9.28. The van der Waals surface area contributed by atoms with Crippen LogP contribution in [-0.2, 0) is 4.79 Å². The minimum absolute atomic E-state index is 0.0870. The topological polar surface area (TPSA) is 49.4 Å². The van der Waals surface area contributed by atoms with Crippen molar-refractivity contribution in [1.29, 1.82) is 0 Å². The highest BCUT2D eigenvalue weighted by Crippen LogP contribution is 2.34. The lowest BCUT2D eigenvalue weighted by molar-refractivity contribution is -0.190. The van der Waals surface area contributed by atoms with E-state index in [2.05, 4.69) is 15.9 Å². The number of amides is 3. The van der Waals surface area contributed by atoms with Crippen LogP contribution in [0.25, 0.3) is 0 Å². The third-order valence-electron chi connectivity index (χ3n) is 2.15. The molecule has 0 aromatic rings. The number of nitrogens with zero attached hydrogens (tertiary/aromatic N) is 1. The molecule has 0 aromatic carbocycles. The molecule has 1 atom stereocenters. The molecular formula is C7H8BrF3N2O2. The second-order valence-electron chi connectivity index (χ2n) is 3.20. The largest absolute Gasteiger partial charge is 0.420 e. The molecule has 0 aromatic heterocycles. The van der Waals surface area contributed by atoms with Gasteiger partial charge in [0.2, 0.25) is 5.54 Å². The zero-order valence-electron chi connectivity index (χ0n) is 7.69. The van der Waals surface area contributed by atoms with E-state index in [4.69, 9.17) is 0 Å². The van der Waals surface area contributed by atoms with Crippen molar-refractivity contribution in [3.63, 3.8) is 0 Å². The Morgan fingerprint density at radius 3 is 2.33 bits per heavy atom. The van der Waals surface area contributed by atoms with Crippen LogP contribution in [0.1, 0.15) is 6.92 Å². The van der Waals surface area contributed by atoms with Crippen molar-refractivity contribution in [2.45, 2.75) is 18.6 Å². The van der Waals surface area contributed by atoms with Crippen LogP contribution in [0.2, 0.25) is 0 Å². The molecule has 0 aliphatic carbocycles. The number of hydrogen-bond donors (Lipinski definition) is 1. The van der Waals surface area contributed by atoms with Crippen LogP contribution >= 0.6 is 15.9 Å². The van der Waals surface area contributed by atoms with Crippen molar-refractivity contribution in [2.24, 2.45) is 0 Å². The van der Waals surface area contributed by atoms with Crippen LogP contribution in [0.15, 0.2) is 0 Å². The van der Waals surface area contributed by atoms with E-state index in [0.717, 1.165) is 0 Å². The molecule has 1 N–H and O–H groups in total. The lowest BCUT2D eigenvalue weighted by atomic mass is 10.0. The van der Waals surface area contributed by atoms with Gasteiger partial charge in [-0.25, -0.2) is 4.79 Å². The van der Waals surface area contributed by atoms with Gasteiger partial charge in [-0.15, -0.1) is 0 Å². The average Bonchev–Trinajstić information content (AvgIpc) is 2.29. The SMILES string of the molecule is CC1(C(F)(F)F)NC(=O)N(CCBr)C1=O. The lowest BCUT2D eigenvalue weighted by Crippen LogP contribution is -2.56. The Morgan fingerprint density at radius 1 is 1.47 bits per heavy atom. The highest BCUT2D eigenvalue weighted by atomic mass is 79.9. The smallest absolute Gasteiger partial charge is 0.316 e.